The van der Waals surface area contributed by atoms with Gasteiger partial charge in [0.15, 0.2) is 5.65 Å². The van der Waals surface area contributed by atoms with Crippen LogP contribution in [0.5, 0.6) is 0 Å². The zero-order valence-corrected chi connectivity index (χ0v) is 12.8. The molecule has 0 atom stereocenters. The Bertz CT molecular complexity index is 856. The fourth-order valence-electron chi connectivity index (χ4n) is 2.60. The van der Waals surface area contributed by atoms with Crippen LogP contribution in [0.15, 0.2) is 42.9 Å². The molecule has 0 unspecified atom stereocenters. The van der Waals surface area contributed by atoms with E-state index in [0.29, 0.717) is 10.7 Å². The van der Waals surface area contributed by atoms with E-state index in [4.69, 9.17) is 11.6 Å². The van der Waals surface area contributed by atoms with Gasteiger partial charge in [-0.25, -0.2) is 9.97 Å². The van der Waals surface area contributed by atoms with E-state index in [1.807, 2.05) is 12.1 Å². The summed E-state index contributed by atoms with van der Waals surface area (Å²) < 4.78 is 1.79. The number of aromatic nitrogens is 4. The number of nitrogens with zero attached hydrogens (tertiary/aromatic N) is 5. The van der Waals surface area contributed by atoms with Gasteiger partial charge in [0, 0.05) is 31.5 Å². The van der Waals surface area contributed by atoms with Gasteiger partial charge in [0.25, 0.3) is 5.91 Å². The Balaban J connectivity index is 1.41. The van der Waals surface area contributed by atoms with Crippen molar-refractivity contribution in [3.8, 4) is 0 Å². The SMILES string of the molecule is O=C(NC1CN(c2ccnc3ccnn23)C1)c1ccc(Cl)nc1. The van der Waals surface area contributed by atoms with Gasteiger partial charge in [-0.15, -0.1) is 0 Å². The molecule has 0 aromatic carbocycles. The van der Waals surface area contributed by atoms with Gasteiger partial charge in [-0.1, -0.05) is 11.6 Å². The molecule has 3 aromatic rings. The first kappa shape index (κ1) is 14.0. The van der Waals surface area contributed by atoms with Crippen molar-refractivity contribution in [3.63, 3.8) is 0 Å². The van der Waals surface area contributed by atoms with Gasteiger partial charge in [0.1, 0.15) is 11.0 Å². The molecule has 116 valence electrons. The van der Waals surface area contributed by atoms with Gasteiger partial charge >= 0.3 is 0 Å². The molecule has 23 heavy (non-hydrogen) atoms. The van der Waals surface area contributed by atoms with Crippen LogP contribution in [-0.4, -0.2) is 44.6 Å². The Labute approximate surface area is 136 Å². The highest BCUT2D eigenvalue weighted by atomic mass is 35.5. The summed E-state index contributed by atoms with van der Waals surface area (Å²) in [5, 5.41) is 7.63. The molecule has 8 heteroatoms. The minimum absolute atomic E-state index is 0.0944. The Kier molecular flexibility index (Phi) is 3.34. The zero-order chi connectivity index (χ0) is 15.8. The van der Waals surface area contributed by atoms with Crippen LogP contribution in [0.4, 0.5) is 5.82 Å². The first-order valence-corrected chi connectivity index (χ1v) is 7.54. The molecule has 0 bridgehead atoms. The summed E-state index contributed by atoms with van der Waals surface area (Å²) in [6.45, 7) is 1.46. The second-order valence-corrected chi connectivity index (χ2v) is 5.74. The van der Waals surface area contributed by atoms with Crippen LogP contribution in [0.3, 0.4) is 0 Å². The van der Waals surface area contributed by atoms with E-state index in [0.717, 1.165) is 24.6 Å². The number of fused-ring (bicyclic) bond motifs is 1. The average molecular weight is 329 g/mol. The third-order valence-corrected chi connectivity index (χ3v) is 4.02. The number of rotatable bonds is 3. The molecular weight excluding hydrogens is 316 g/mol. The summed E-state index contributed by atoms with van der Waals surface area (Å²) in [6.07, 6.45) is 4.96. The number of anilines is 1. The van der Waals surface area contributed by atoms with Crippen molar-refractivity contribution in [2.75, 3.05) is 18.0 Å². The summed E-state index contributed by atoms with van der Waals surface area (Å²) in [5.41, 5.74) is 1.31. The molecule has 1 saturated heterocycles. The van der Waals surface area contributed by atoms with E-state index < -0.39 is 0 Å². The second-order valence-electron chi connectivity index (χ2n) is 5.35. The van der Waals surface area contributed by atoms with Crippen molar-refractivity contribution < 1.29 is 4.79 Å². The van der Waals surface area contributed by atoms with Gasteiger partial charge in [-0.3, -0.25) is 4.79 Å². The number of carbonyl (C=O) groups excluding carboxylic acids is 1. The first-order chi connectivity index (χ1) is 11.2. The number of hydrogen-bond acceptors (Lipinski definition) is 5. The van der Waals surface area contributed by atoms with Crippen LogP contribution in [0.25, 0.3) is 5.65 Å². The number of carbonyl (C=O) groups is 1. The van der Waals surface area contributed by atoms with Crippen LogP contribution in [0.2, 0.25) is 5.15 Å². The number of halogens is 1. The van der Waals surface area contributed by atoms with E-state index >= 15 is 0 Å². The van der Waals surface area contributed by atoms with Gasteiger partial charge in [-0.05, 0) is 18.2 Å². The predicted molar refractivity (Wildman–Crippen MR) is 85.7 cm³/mol. The highest BCUT2D eigenvalue weighted by molar-refractivity contribution is 6.29. The fourth-order valence-corrected chi connectivity index (χ4v) is 2.71. The van der Waals surface area contributed by atoms with Crippen LogP contribution in [0, 0.1) is 0 Å². The van der Waals surface area contributed by atoms with E-state index in [1.54, 1.807) is 29.0 Å². The van der Waals surface area contributed by atoms with Crippen LogP contribution in [-0.2, 0) is 0 Å². The Morgan fingerprint density at radius 1 is 1.17 bits per heavy atom. The second kappa shape index (κ2) is 5.51. The molecule has 7 nitrogen and oxygen atoms in total. The number of nitrogens with one attached hydrogen (secondary N) is 1. The lowest BCUT2D eigenvalue weighted by atomic mass is 10.1. The highest BCUT2D eigenvalue weighted by Crippen LogP contribution is 2.21. The minimum Gasteiger partial charge on any atom is -0.352 e. The van der Waals surface area contributed by atoms with E-state index in [1.165, 1.54) is 6.20 Å². The maximum Gasteiger partial charge on any atom is 0.253 e. The Hall–Kier alpha value is -2.67. The Morgan fingerprint density at radius 2 is 2.04 bits per heavy atom. The first-order valence-electron chi connectivity index (χ1n) is 7.17. The lowest BCUT2D eigenvalue weighted by Crippen LogP contribution is -2.60. The van der Waals surface area contributed by atoms with E-state index in [-0.39, 0.29) is 11.9 Å². The molecule has 0 radical (unpaired) electrons. The molecule has 1 N–H and O–H groups in total. The van der Waals surface area contributed by atoms with Crippen LogP contribution in [0.1, 0.15) is 10.4 Å². The lowest BCUT2D eigenvalue weighted by Gasteiger charge is -2.40. The fraction of sp³-hybridized carbons (Fsp3) is 0.200. The summed E-state index contributed by atoms with van der Waals surface area (Å²) in [4.78, 5) is 22.4. The third-order valence-electron chi connectivity index (χ3n) is 3.80. The van der Waals surface area contributed by atoms with Crippen molar-refractivity contribution in [2.45, 2.75) is 6.04 Å². The molecule has 0 saturated carbocycles. The number of amides is 1. The van der Waals surface area contributed by atoms with Crippen molar-refractivity contribution in [2.24, 2.45) is 0 Å². The number of pyridine rings is 1. The summed E-state index contributed by atoms with van der Waals surface area (Å²) >= 11 is 5.72. The van der Waals surface area contributed by atoms with Gasteiger partial charge < -0.3 is 10.2 Å². The van der Waals surface area contributed by atoms with Crippen molar-refractivity contribution in [1.82, 2.24) is 24.9 Å². The molecule has 1 aliphatic heterocycles. The zero-order valence-electron chi connectivity index (χ0n) is 12.1. The smallest absolute Gasteiger partial charge is 0.253 e. The average Bonchev–Trinajstić information content (AvgIpc) is 2.99. The van der Waals surface area contributed by atoms with E-state index in [9.17, 15) is 4.79 Å². The van der Waals surface area contributed by atoms with E-state index in [2.05, 4.69) is 25.3 Å². The van der Waals surface area contributed by atoms with Gasteiger partial charge in [0.05, 0.1) is 17.8 Å². The van der Waals surface area contributed by atoms with Crippen molar-refractivity contribution in [3.05, 3.63) is 53.6 Å². The highest BCUT2D eigenvalue weighted by Gasteiger charge is 2.30. The maximum atomic E-state index is 12.1. The molecule has 1 fully saturated rings. The van der Waals surface area contributed by atoms with Crippen LogP contribution >= 0.6 is 11.6 Å². The van der Waals surface area contributed by atoms with Crippen molar-refractivity contribution in [1.29, 1.82) is 0 Å². The molecule has 0 aliphatic carbocycles. The van der Waals surface area contributed by atoms with Crippen molar-refractivity contribution >= 4 is 29.0 Å². The summed E-state index contributed by atoms with van der Waals surface area (Å²) in [7, 11) is 0. The molecular formula is C15H13ClN6O. The van der Waals surface area contributed by atoms with Gasteiger partial charge in [0.2, 0.25) is 0 Å². The van der Waals surface area contributed by atoms with Gasteiger partial charge in [-0.2, -0.15) is 9.61 Å². The summed E-state index contributed by atoms with van der Waals surface area (Å²) in [6, 6.07) is 7.14. The summed E-state index contributed by atoms with van der Waals surface area (Å²) in [5.74, 6) is 0.830. The molecule has 1 aliphatic rings. The molecule has 4 rings (SSSR count). The topological polar surface area (TPSA) is 75.4 Å². The standard InChI is InChI=1S/C15H13ClN6O/c16-12-2-1-10(7-18-12)15(23)20-11-8-21(9-11)14-4-5-17-13-3-6-19-22(13)14/h1-7,11H,8-9H2,(H,20,23). The molecule has 4 heterocycles. The molecule has 1 amide bonds. The molecule has 0 spiro atoms. The maximum absolute atomic E-state index is 12.1. The third kappa shape index (κ3) is 2.59. The lowest BCUT2D eigenvalue weighted by molar-refractivity contribution is 0.0929. The largest absolute Gasteiger partial charge is 0.352 e. The predicted octanol–water partition coefficient (Wildman–Crippen LogP) is 1.40. The number of hydrogen-bond donors (Lipinski definition) is 1. The van der Waals surface area contributed by atoms with Crippen LogP contribution < -0.4 is 10.2 Å². The normalized spacial score (nSPS) is 14.7. The quantitative estimate of drug-likeness (QED) is 0.735. The minimum atomic E-state index is -0.141. The Morgan fingerprint density at radius 3 is 2.83 bits per heavy atom. The molecule has 3 aromatic heterocycles. The monoisotopic (exact) mass is 328 g/mol.